The minimum atomic E-state index is -0.551. The van der Waals surface area contributed by atoms with Crippen LogP contribution in [0.2, 0.25) is 0 Å². The molecule has 7 nitrogen and oxygen atoms in total. The molecule has 0 radical (unpaired) electrons. The van der Waals surface area contributed by atoms with Gasteiger partial charge >= 0.3 is 0 Å². The number of likely N-dealkylation sites (tertiary alicyclic amines) is 1. The average molecular weight is 411 g/mol. The summed E-state index contributed by atoms with van der Waals surface area (Å²) in [7, 11) is 0. The Hall–Kier alpha value is -2.25. The van der Waals surface area contributed by atoms with Gasteiger partial charge in [0.25, 0.3) is 5.91 Å². The Labute approximate surface area is 177 Å². The molecule has 4 heterocycles. The van der Waals surface area contributed by atoms with Gasteiger partial charge in [0.05, 0.1) is 0 Å². The van der Waals surface area contributed by atoms with Gasteiger partial charge in [0.15, 0.2) is 0 Å². The van der Waals surface area contributed by atoms with Gasteiger partial charge in [-0.15, -0.1) is 0 Å². The number of carbonyl (C=O) groups is 3. The third-order valence-electron chi connectivity index (χ3n) is 7.33. The number of piperidine rings is 2. The number of hydrogen-bond acceptors (Lipinski definition) is 5. The topological polar surface area (TPSA) is 81.8 Å². The van der Waals surface area contributed by atoms with Crippen LogP contribution in [0.4, 0.5) is 0 Å². The highest BCUT2D eigenvalue weighted by Gasteiger charge is 2.40. The van der Waals surface area contributed by atoms with Gasteiger partial charge in [-0.25, -0.2) is 0 Å². The Morgan fingerprint density at radius 2 is 1.87 bits per heavy atom. The van der Waals surface area contributed by atoms with Crippen molar-refractivity contribution in [3.63, 3.8) is 0 Å². The lowest BCUT2D eigenvalue weighted by atomic mass is 9.88. The van der Waals surface area contributed by atoms with E-state index >= 15 is 0 Å². The van der Waals surface area contributed by atoms with E-state index in [1.54, 1.807) is 4.90 Å². The van der Waals surface area contributed by atoms with Crippen LogP contribution in [0.1, 0.15) is 60.0 Å². The molecule has 2 unspecified atom stereocenters. The zero-order valence-electron chi connectivity index (χ0n) is 17.4. The predicted molar refractivity (Wildman–Crippen MR) is 112 cm³/mol. The quantitative estimate of drug-likeness (QED) is 0.734. The number of rotatable bonds is 4. The number of carbonyl (C=O) groups excluding carboxylic acids is 3. The number of benzene rings is 1. The fourth-order valence-electron chi connectivity index (χ4n) is 5.69. The van der Waals surface area contributed by atoms with Crippen LogP contribution in [0.15, 0.2) is 18.2 Å². The molecule has 2 N–H and O–H groups in total. The maximum absolute atomic E-state index is 13.2. The molecule has 1 aromatic carbocycles. The second-order valence-corrected chi connectivity index (χ2v) is 9.17. The van der Waals surface area contributed by atoms with E-state index < -0.39 is 6.04 Å². The molecule has 5 rings (SSSR count). The minimum absolute atomic E-state index is 0.0693. The first-order valence-corrected chi connectivity index (χ1v) is 11.3. The van der Waals surface area contributed by atoms with Gasteiger partial charge in [-0.3, -0.25) is 24.6 Å². The van der Waals surface area contributed by atoms with Gasteiger partial charge < -0.3 is 10.2 Å². The van der Waals surface area contributed by atoms with E-state index in [1.807, 2.05) is 12.1 Å². The van der Waals surface area contributed by atoms with Crippen molar-refractivity contribution in [2.45, 2.75) is 63.7 Å². The molecule has 2 atom stereocenters. The zero-order valence-corrected chi connectivity index (χ0v) is 17.4. The van der Waals surface area contributed by atoms with Crippen LogP contribution < -0.4 is 10.6 Å². The summed E-state index contributed by atoms with van der Waals surface area (Å²) >= 11 is 0. The van der Waals surface area contributed by atoms with Crippen LogP contribution in [0.3, 0.4) is 0 Å². The Morgan fingerprint density at radius 1 is 1.03 bits per heavy atom. The fraction of sp³-hybridized carbons (Fsp3) is 0.609. The fourth-order valence-corrected chi connectivity index (χ4v) is 5.69. The smallest absolute Gasteiger partial charge is 0.255 e. The lowest BCUT2D eigenvalue weighted by molar-refractivity contribution is -0.136. The zero-order chi connectivity index (χ0) is 20.7. The summed E-state index contributed by atoms with van der Waals surface area (Å²) in [6.45, 7) is 4.52. The number of imide groups is 1. The van der Waals surface area contributed by atoms with E-state index in [4.69, 9.17) is 0 Å². The summed E-state index contributed by atoms with van der Waals surface area (Å²) in [5.74, 6) is 0.101. The summed E-state index contributed by atoms with van der Waals surface area (Å²) in [6, 6.07) is 6.20. The lowest BCUT2D eigenvalue weighted by Crippen LogP contribution is -2.52. The van der Waals surface area contributed by atoms with Gasteiger partial charge in [-0.2, -0.15) is 0 Å². The van der Waals surface area contributed by atoms with Crippen molar-refractivity contribution in [3.05, 3.63) is 34.9 Å². The number of nitrogens with one attached hydrogen (secondary N) is 2. The molecule has 0 bridgehead atoms. The highest BCUT2D eigenvalue weighted by Crippen LogP contribution is 2.32. The monoisotopic (exact) mass is 410 g/mol. The van der Waals surface area contributed by atoms with Crippen LogP contribution in [-0.2, 0) is 22.7 Å². The summed E-state index contributed by atoms with van der Waals surface area (Å²) in [6.07, 6.45) is 5.72. The third-order valence-corrected chi connectivity index (χ3v) is 7.33. The molecular weight excluding hydrogens is 380 g/mol. The van der Waals surface area contributed by atoms with Crippen molar-refractivity contribution in [1.82, 2.24) is 20.4 Å². The van der Waals surface area contributed by atoms with E-state index in [0.717, 1.165) is 48.8 Å². The average Bonchev–Trinajstić information content (AvgIpc) is 3.38. The van der Waals surface area contributed by atoms with Crippen molar-refractivity contribution >= 4 is 17.7 Å². The largest absolute Gasteiger partial charge is 0.322 e. The molecule has 4 aliphatic heterocycles. The SMILES string of the molecule is O=C1CCC(N2Cc3cccc(CN4CCC(C5CCCN5)CC4)c3C2=O)C(=O)N1. The molecule has 30 heavy (non-hydrogen) atoms. The first-order valence-electron chi connectivity index (χ1n) is 11.3. The Morgan fingerprint density at radius 3 is 2.60 bits per heavy atom. The minimum Gasteiger partial charge on any atom is -0.322 e. The summed E-state index contributed by atoms with van der Waals surface area (Å²) in [4.78, 5) is 41.1. The van der Waals surface area contributed by atoms with Gasteiger partial charge in [0, 0.05) is 31.1 Å². The van der Waals surface area contributed by atoms with Gasteiger partial charge in [-0.1, -0.05) is 18.2 Å². The highest BCUT2D eigenvalue weighted by atomic mass is 16.2. The normalized spacial score (nSPS) is 28.1. The molecule has 7 heteroatoms. The molecule has 0 saturated carbocycles. The van der Waals surface area contributed by atoms with Crippen molar-refractivity contribution in [2.75, 3.05) is 19.6 Å². The van der Waals surface area contributed by atoms with Crippen molar-refractivity contribution in [3.8, 4) is 0 Å². The molecule has 4 aliphatic rings. The molecule has 3 saturated heterocycles. The van der Waals surface area contributed by atoms with Crippen LogP contribution in [-0.4, -0.2) is 59.2 Å². The maximum atomic E-state index is 13.2. The van der Waals surface area contributed by atoms with Crippen molar-refractivity contribution in [2.24, 2.45) is 5.92 Å². The Bertz CT molecular complexity index is 856. The molecule has 0 aliphatic carbocycles. The van der Waals surface area contributed by atoms with Crippen LogP contribution in [0.5, 0.6) is 0 Å². The first kappa shape index (κ1) is 19.7. The number of amides is 3. The molecular formula is C23H30N4O3. The summed E-state index contributed by atoms with van der Waals surface area (Å²) in [5, 5.41) is 6.03. The highest BCUT2D eigenvalue weighted by molar-refractivity contribution is 6.05. The van der Waals surface area contributed by atoms with E-state index in [9.17, 15) is 14.4 Å². The maximum Gasteiger partial charge on any atom is 0.255 e. The van der Waals surface area contributed by atoms with E-state index in [-0.39, 0.29) is 24.1 Å². The van der Waals surface area contributed by atoms with Crippen molar-refractivity contribution in [1.29, 1.82) is 0 Å². The molecule has 160 valence electrons. The molecule has 1 aromatic rings. The first-order chi connectivity index (χ1) is 14.6. The number of fused-ring (bicyclic) bond motifs is 1. The van der Waals surface area contributed by atoms with Gasteiger partial charge in [0.2, 0.25) is 11.8 Å². The number of hydrogen-bond donors (Lipinski definition) is 2. The molecule has 0 aromatic heterocycles. The Kier molecular flexibility index (Phi) is 5.33. The van der Waals surface area contributed by atoms with Crippen LogP contribution in [0.25, 0.3) is 0 Å². The van der Waals surface area contributed by atoms with E-state index in [2.05, 4.69) is 21.6 Å². The number of nitrogens with zero attached hydrogens (tertiary/aromatic N) is 2. The molecule has 3 amide bonds. The van der Waals surface area contributed by atoms with E-state index in [0.29, 0.717) is 19.0 Å². The van der Waals surface area contributed by atoms with Gasteiger partial charge in [0.1, 0.15) is 6.04 Å². The lowest BCUT2D eigenvalue weighted by Gasteiger charge is -2.35. The second-order valence-electron chi connectivity index (χ2n) is 9.17. The van der Waals surface area contributed by atoms with Crippen LogP contribution in [0, 0.1) is 5.92 Å². The molecule has 0 spiro atoms. The van der Waals surface area contributed by atoms with Crippen molar-refractivity contribution < 1.29 is 14.4 Å². The van der Waals surface area contributed by atoms with E-state index in [1.165, 1.54) is 25.7 Å². The summed E-state index contributed by atoms with van der Waals surface area (Å²) < 4.78 is 0. The predicted octanol–water partition coefficient (Wildman–Crippen LogP) is 1.41. The second kappa shape index (κ2) is 8.12. The standard InChI is InChI=1S/C23H30N4O3/c28-20-7-6-19(22(29)25-20)27-14-17-4-1-3-16(21(17)23(27)30)13-26-11-8-15(9-12-26)18-5-2-10-24-18/h1,3-4,15,18-19,24H,2,5-14H2,(H,25,28,29). The third kappa shape index (κ3) is 3.65. The van der Waals surface area contributed by atoms with Crippen LogP contribution >= 0.6 is 0 Å². The summed E-state index contributed by atoms with van der Waals surface area (Å²) in [5.41, 5.74) is 2.82. The Balaban J connectivity index is 1.26. The molecule has 3 fully saturated rings. The van der Waals surface area contributed by atoms with Gasteiger partial charge in [-0.05, 0) is 68.8 Å².